The van der Waals surface area contributed by atoms with Gasteiger partial charge in [0.25, 0.3) is 0 Å². The highest BCUT2D eigenvalue weighted by Crippen LogP contribution is 2.21. The molecule has 0 bridgehead atoms. The summed E-state index contributed by atoms with van der Waals surface area (Å²) in [7, 11) is 0. The number of benzene rings is 2. The van der Waals surface area contributed by atoms with Crippen molar-refractivity contribution in [2.75, 3.05) is 11.1 Å². The minimum atomic E-state index is -0.150. The standard InChI is InChI=1S/C19H18N6OS/c1-13-3-8-17(14(2)11-13)25-19(22-23-24-25)27-12-18(26)21-16-6-4-15(5-7-16)9-10-20/h3-8,11H,9,12H2,1-2H3,(H,21,26). The number of anilines is 1. The van der Waals surface area contributed by atoms with Crippen LogP contribution in [0, 0.1) is 25.2 Å². The van der Waals surface area contributed by atoms with Crippen molar-refractivity contribution in [3.05, 3.63) is 59.2 Å². The summed E-state index contributed by atoms with van der Waals surface area (Å²) in [4.78, 5) is 12.2. The molecule has 0 saturated carbocycles. The fraction of sp³-hybridized carbons (Fsp3) is 0.211. The summed E-state index contributed by atoms with van der Waals surface area (Å²) in [6.07, 6.45) is 0.352. The van der Waals surface area contributed by atoms with Gasteiger partial charge in [0.1, 0.15) is 0 Å². The molecule has 2 aromatic carbocycles. The Morgan fingerprint density at radius 3 is 2.70 bits per heavy atom. The maximum atomic E-state index is 12.2. The molecule has 27 heavy (non-hydrogen) atoms. The van der Waals surface area contributed by atoms with E-state index < -0.39 is 0 Å². The van der Waals surface area contributed by atoms with Crippen LogP contribution < -0.4 is 5.32 Å². The van der Waals surface area contributed by atoms with Crippen molar-refractivity contribution in [3.8, 4) is 11.8 Å². The van der Waals surface area contributed by atoms with Gasteiger partial charge in [0.05, 0.1) is 23.9 Å². The van der Waals surface area contributed by atoms with E-state index in [1.54, 1.807) is 16.8 Å². The first kappa shape index (κ1) is 18.6. The lowest BCUT2D eigenvalue weighted by Crippen LogP contribution is -2.14. The summed E-state index contributed by atoms with van der Waals surface area (Å²) in [6.45, 7) is 4.03. The number of thioether (sulfide) groups is 1. The van der Waals surface area contributed by atoms with E-state index in [0.29, 0.717) is 17.3 Å². The smallest absolute Gasteiger partial charge is 0.234 e. The fourth-order valence-electron chi connectivity index (χ4n) is 2.59. The molecule has 1 N–H and O–H groups in total. The van der Waals surface area contributed by atoms with Gasteiger partial charge in [-0.3, -0.25) is 4.79 Å². The van der Waals surface area contributed by atoms with Crippen molar-refractivity contribution in [2.45, 2.75) is 25.4 Å². The van der Waals surface area contributed by atoms with Crippen molar-refractivity contribution in [1.29, 1.82) is 5.26 Å². The van der Waals surface area contributed by atoms with Gasteiger partial charge >= 0.3 is 0 Å². The Hall–Kier alpha value is -3.18. The molecule has 8 heteroatoms. The summed E-state index contributed by atoms with van der Waals surface area (Å²) in [5.74, 6) is 0.0359. The summed E-state index contributed by atoms with van der Waals surface area (Å²) in [6, 6.07) is 15.4. The highest BCUT2D eigenvalue weighted by atomic mass is 32.2. The van der Waals surface area contributed by atoms with Crippen molar-refractivity contribution in [1.82, 2.24) is 20.2 Å². The molecule has 0 aliphatic rings. The highest BCUT2D eigenvalue weighted by molar-refractivity contribution is 7.99. The summed E-state index contributed by atoms with van der Waals surface area (Å²) in [5.41, 5.74) is 4.72. The van der Waals surface area contributed by atoms with Crippen LogP contribution in [0.15, 0.2) is 47.6 Å². The van der Waals surface area contributed by atoms with Crippen molar-refractivity contribution in [3.63, 3.8) is 0 Å². The molecular formula is C19H18N6OS. The van der Waals surface area contributed by atoms with E-state index in [4.69, 9.17) is 5.26 Å². The third-order valence-corrected chi connectivity index (χ3v) is 4.79. The first-order valence-electron chi connectivity index (χ1n) is 8.31. The molecule has 0 atom stereocenters. The van der Waals surface area contributed by atoms with E-state index in [-0.39, 0.29) is 11.7 Å². The Balaban J connectivity index is 1.63. The van der Waals surface area contributed by atoms with Gasteiger partial charge in [0.15, 0.2) is 0 Å². The van der Waals surface area contributed by atoms with E-state index >= 15 is 0 Å². The van der Waals surface area contributed by atoms with Crippen LogP contribution in [0.1, 0.15) is 16.7 Å². The zero-order valence-electron chi connectivity index (χ0n) is 15.0. The van der Waals surface area contributed by atoms with Crippen LogP contribution in [0.4, 0.5) is 5.69 Å². The van der Waals surface area contributed by atoms with Crippen LogP contribution in [-0.2, 0) is 11.2 Å². The number of hydrogen-bond acceptors (Lipinski definition) is 6. The Labute approximate surface area is 161 Å². The second-order valence-corrected chi connectivity index (χ2v) is 6.97. The molecule has 0 spiro atoms. The second kappa shape index (κ2) is 8.47. The number of tetrazole rings is 1. The summed E-state index contributed by atoms with van der Waals surface area (Å²) < 4.78 is 1.64. The van der Waals surface area contributed by atoms with E-state index in [1.807, 2.05) is 38.1 Å². The number of carbonyl (C=O) groups excluding carboxylic acids is 1. The predicted molar refractivity (Wildman–Crippen MR) is 104 cm³/mol. The molecule has 3 aromatic rings. The van der Waals surface area contributed by atoms with Gasteiger partial charge in [-0.2, -0.15) is 9.94 Å². The number of hydrogen-bond donors (Lipinski definition) is 1. The molecular weight excluding hydrogens is 360 g/mol. The first-order valence-corrected chi connectivity index (χ1v) is 9.30. The van der Waals surface area contributed by atoms with Crippen LogP contribution in [0.3, 0.4) is 0 Å². The Morgan fingerprint density at radius 2 is 2.00 bits per heavy atom. The number of carbonyl (C=O) groups is 1. The third-order valence-electron chi connectivity index (χ3n) is 3.87. The maximum absolute atomic E-state index is 12.2. The predicted octanol–water partition coefficient (Wildman–Crippen LogP) is 3.08. The quantitative estimate of drug-likeness (QED) is 0.662. The zero-order chi connectivity index (χ0) is 19.2. The van der Waals surface area contributed by atoms with Gasteiger partial charge in [-0.05, 0) is 53.6 Å². The minimum absolute atomic E-state index is 0.150. The Morgan fingerprint density at radius 1 is 1.22 bits per heavy atom. The molecule has 1 amide bonds. The maximum Gasteiger partial charge on any atom is 0.234 e. The molecule has 3 rings (SSSR count). The molecule has 0 aliphatic carbocycles. The largest absolute Gasteiger partial charge is 0.325 e. The Bertz CT molecular complexity index is 990. The van der Waals surface area contributed by atoms with Crippen molar-refractivity contribution in [2.24, 2.45) is 0 Å². The average molecular weight is 378 g/mol. The monoisotopic (exact) mass is 378 g/mol. The first-order chi connectivity index (χ1) is 13.1. The molecule has 1 aromatic heterocycles. The van der Waals surface area contributed by atoms with Gasteiger partial charge in [0.2, 0.25) is 11.1 Å². The average Bonchev–Trinajstić information content (AvgIpc) is 3.10. The van der Waals surface area contributed by atoms with Gasteiger partial charge < -0.3 is 5.32 Å². The molecule has 0 fully saturated rings. The number of nitriles is 1. The van der Waals surface area contributed by atoms with E-state index in [0.717, 1.165) is 16.8 Å². The lowest BCUT2D eigenvalue weighted by Gasteiger charge is -2.08. The van der Waals surface area contributed by atoms with Gasteiger partial charge in [-0.1, -0.05) is 41.6 Å². The van der Waals surface area contributed by atoms with E-state index in [9.17, 15) is 4.79 Å². The number of nitrogens with zero attached hydrogens (tertiary/aromatic N) is 5. The lowest BCUT2D eigenvalue weighted by molar-refractivity contribution is -0.113. The number of aromatic nitrogens is 4. The minimum Gasteiger partial charge on any atom is -0.325 e. The topological polar surface area (TPSA) is 96.5 Å². The van der Waals surface area contributed by atoms with E-state index in [1.165, 1.54) is 17.3 Å². The molecule has 0 unspecified atom stereocenters. The highest BCUT2D eigenvalue weighted by Gasteiger charge is 2.13. The second-order valence-electron chi connectivity index (χ2n) is 6.03. The lowest BCUT2D eigenvalue weighted by atomic mass is 10.1. The summed E-state index contributed by atoms with van der Waals surface area (Å²) >= 11 is 1.27. The molecule has 7 nitrogen and oxygen atoms in total. The fourth-order valence-corrected chi connectivity index (χ4v) is 3.27. The third kappa shape index (κ3) is 4.71. The van der Waals surface area contributed by atoms with Gasteiger partial charge in [0, 0.05) is 5.69 Å². The SMILES string of the molecule is Cc1ccc(-n2nnnc2SCC(=O)Nc2ccc(CC#N)cc2)c(C)c1. The van der Waals surface area contributed by atoms with Crippen LogP contribution in [-0.4, -0.2) is 31.9 Å². The van der Waals surface area contributed by atoms with Crippen molar-refractivity contribution < 1.29 is 4.79 Å². The molecule has 136 valence electrons. The van der Waals surface area contributed by atoms with E-state index in [2.05, 4.69) is 33.0 Å². The number of rotatable bonds is 6. The van der Waals surface area contributed by atoms with Crippen LogP contribution in [0.2, 0.25) is 0 Å². The van der Waals surface area contributed by atoms with Gasteiger partial charge in [-0.15, -0.1) is 5.10 Å². The normalized spacial score (nSPS) is 10.4. The van der Waals surface area contributed by atoms with Gasteiger partial charge in [-0.25, -0.2) is 0 Å². The van der Waals surface area contributed by atoms with Crippen LogP contribution in [0.5, 0.6) is 0 Å². The van der Waals surface area contributed by atoms with Crippen molar-refractivity contribution >= 4 is 23.4 Å². The zero-order valence-corrected chi connectivity index (χ0v) is 15.8. The molecule has 0 saturated heterocycles. The number of nitrogens with one attached hydrogen (secondary N) is 1. The Kier molecular flexibility index (Phi) is 5.84. The summed E-state index contributed by atoms with van der Waals surface area (Å²) in [5, 5.41) is 23.9. The molecule has 1 heterocycles. The van der Waals surface area contributed by atoms with Crippen LogP contribution in [0.25, 0.3) is 5.69 Å². The number of aryl methyl sites for hydroxylation is 2. The number of amides is 1. The van der Waals surface area contributed by atoms with Crippen LogP contribution >= 0.6 is 11.8 Å². The molecule has 0 aliphatic heterocycles. The molecule has 0 radical (unpaired) electrons.